The molecule has 0 saturated carbocycles. The van der Waals surface area contributed by atoms with E-state index in [-0.39, 0.29) is 12.5 Å². The van der Waals surface area contributed by atoms with Crippen LogP contribution in [0.25, 0.3) is 0 Å². The molecule has 0 amide bonds. The molecule has 1 aromatic rings. The van der Waals surface area contributed by atoms with Gasteiger partial charge in [0.1, 0.15) is 12.4 Å². The summed E-state index contributed by atoms with van der Waals surface area (Å²) in [7, 11) is 5.12. The third-order valence-corrected chi connectivity index (χ3v) is 2.28. The highest BCUT2D eigenvalue weighted by molar-refractivity contribution is 5.75. The maximum Gasteiger partial charge on any atom is 0.325 e. The summed E-state index contributed by atoms with van der Waals surface area (Å²) in [5.74, 6) is 1.05. The highest BCUT2D eigenvalue weighted by Gasteiger charge is 2.12. The van der Waals surface area contributed by atoms with Crippen molar-refractivity contribution in [1.82, 2.24) is 9.97 Å². The molecule has 0 atom stereocenters. The molecule has 0 spiro atoms. The van der Waals surface area contributed by atoms with Crippen LogP contribution in [0.3, 0.4) is 0 Å². The summed E-state index contributed by atoms with van der Waals surface area (Å²) in [6.45, 7) is 2.83. The predicted octanol–water partition coefficient (Wildman–Crippen LogP) is 0.542. The standard InChI is InChI=1S/C11H18N4O2/c1-5-15(8-10(16)17-4)9-6-7-12-11(13-9)14(2)3/h6-7H,5,8H2,1-4H3. The van der Waals surface area contributed by atoms with Gasteiger partial charge in [0, 0.05) is 26.8 Å². The van der Waals surface area contributed by atoms with Gasteiger partial charge in [-0.15, -0.1) is 0 Å². The van der Waals surface area contributed by atoms with Gasteiger partial charge in [-0.25, -0.2) is 4.98 Å². The maximum absolute atomic E-state index is 11.3. The lowest BCUT2D eigenvalue weighted by Gasteiger charge is -2.21. The molecule has 0 unspecified atom stereocenters. The van der Waals surface area contributed by atoms with Crippen molar-refractivity contribution in [3.8, 4) is 0 Å². The number of hydrogen-bond donors (Lipinski definition) is 0. The fraction of sp³-hybridized carbons (Fsp3) is 0.545. The number of anilines is 2. The Balaban J connectivity index is 2.88. The normalized spacial score (nSPS) is 9.88. The largest absolute Gasteiger partial charge is 0.468 e. The molecule has 0 aromatic carbocycles. The zero-order chi connectivity index (χ0) is 12.8. The minimum absolute atomic E-state index is 0.191. The summed E-state index contributed by atoms with van der Waals surface area (Å²) in [5.41, 5.74) is 0. The molecule has 0 N–H and O–H groups in total. The number of nitrogens with zero attached hydrogens (tertiary/aromatic N) is 4. The Hall–Kier alpha value is -1.85. The molecule has 17 heavy (non-hydrogen) atoms. The van der Waals surface area contributed by atoms with Crippen molar-refractivity contribution in [2.24, 2.45) is 0 Å². The maximum atomic E-state index is 11.3. The van der Waals surface area contributed by atoms with Gasteiger partial charge in [0.05, 0.1) is 7.11 Å². The van der Waals surface area contributed by atoms with Crippen molar-refractivity contribution in [3.05, 3.63) is 12.3 Å². The number of rotatable bonds is 5. The van der Waals surface area contributed by atoms with Gasteiger partial charge in [-0.3, -0.25) is 4.79 Å². The number of aromatic nitrogens is 2. The summed E-state index contributed by atoms with van der Waals surface area (Å²) in [5, 5.41) is 0. The first-order chi connectivity index (χ1) is 8.08. The Labute approximate surface area is 101 Å². The minimum Gasteiger partial charge on any atom is -0.468 e. The number of esters is 1. The van der Waals surface area contributed by atoms with Gasteiger partial charge in [-0.1, -0.05) is 0 Å². The Morgan fingerprint density at radius 2 is 2.18 bits per heavy atom. The lowest BCUT2D eigenvalue weighted by atomic mass is 10.4. The Morgan fingerprint density at radius 3 is 2.71 bits per heavy atom. The number of methoxy groups -OCH3 is 1. The quantitative estimate of drug-likeness (QED) is 0.698. The first kappa shape index (κ1) is 13.2. The van der Waals surface area contributed by atoms with Crippen LogP contribution in [-0.2, 0) is 9.53 Å². The van der Waals surface area contributed by atoms with Crippen LogP contribution in [0, 0.1) is 0 Å². The van der Waals surface area contributed by atoms with E-state index in [0.29, 0.717) is 12.5 Å². The van der Waals surface area contributed by atoms with Crippen LogP contribution in [0.4, 0.5) is 11.8 Å². The van der Waals surface area contributed by atoms with Crippen LogP contribution in [0.15, 0.2) is 12.3 Å². The summed E-state index contributed by atoms with van der Waals surface area (Å²) in [6.07, 6.45) is 1.68. The van der Waals surface area contributed by atoms with E-state index in [1.807, 2.05) is 30.8 Å². The molecule has 0 aliphatic rings. The predicted molar refractivity (Wildman–Crippen MR) is 66.3 cm³/mol. The molecule has 1 aromatic heterocycles. The van der Waals surface area contributed by atoms with Crippen LogP contribution in [-0.4, -0.2) is 50.2 Å². The second kappa shape index (κ2) is 6.03. The van der Waals surface area contributed by atoms with Crippen LogP contribution in [0.2, 0.25) is 0 Å². The van der Waals surface area contributed by atoms with Crippen molar-refractivity contribution in [3.63, 3.8) is 0 Å². The van der Waals surface area contributed by atoms with E-state index >= 15 is 0 Å². The fourth-order valence-electron chi connectivity index (χ4n) is 1.31. The first-order valence-electron chi connectivity index (χ1n) is 5.40. The minimum atomic E-state index is -0.281. The average molecular weight is 238 g/mol. The Morgan fingerprint density at radius 1 is 1.47 bits per heavy atom. The molecule has 0 fully saturated rings. The van der Waals surface area contributed by atoms with Crippen molar-refractivity contribution in [1.29, 1.82) is 0 Å². The summed E-state index contributed by atoms with van der Waals surface area (Å²) in [6, 6.07) is 1.78. The van der Waals surface area contributed by atoms with E-state index in [1.54, 1.807) is 12.3 Å². The van der Waals surface area contributed by atoms with Crippen molar-refractivity contribution in [2.75, 3.05) is 44.1 Å². The summed E-state index contributed by atoms with van der Waals surface area (Å²) in [4.78, 5) is 23.4. The molecular formula is C11H18N4O2. The van der Waals surface area contributed by atoms with Crippen molar-refractivity contribution < 1.29 is 9.53 Å². The van der Waals surface area contributed by atoms with Gasteiger partial charge in [0.15, 0.2) is 0 Å². The highest BCUT2D eigenvalue weighted by atomic mass is 16.5. The number of carbonyl (C=O) groups is 1. The first-order valence-corrected chi connectivity index (χ1v) is 5.40. The van der Waals surface area contributed by atoms with E-state index in [1.165, 1.54) is 7.11 Å². The molecule has 1 heterocycles. The topological polar surface area (TPSA) is 58.6 Å². The second-order valence-electron chi connectivity index (χ2n) is 3.70. The molecule has 0 saturated heterocycles. The Bertz CT molecular complexity index is 381. The van der Waals surface area contributed by atoms with Crippen LogP contribution in [0.5, 0.6) is 0 Å². The van der Waals surface area contributed by atoms with E-state index in [4.69, 9.17) is 0 Å². The van der Waals surface area contributed by atoms with Crippen LogP contribution < -0.4 is 9.80 Å². The zero-order valence-electron chi connectivity index (χ0n) is 10.7. The average Bonchev–Trinajstić information content (AvgIpc) is 2.35. The van der Waals surface area contributed by atoms with Gasteiger partial charge < -0.3 is 14.5 Å². The molecule has 0 aliphatic heterocycles. The molecule has 94 valence electrons. The van der Waals surface area contributed by atoms with Gasteiger partial charge >= 0.3 is 5.97 Å². The van der Waals surface area contributed by atoms with Crippen molar-refractivity contribution in [2.45, 2.75) is 6.92 Å². The smallest absolute Gasteiger partial charge is 0.325 e. The van der Waals surface area contributed by atoms with E-state index < -0.39 is 0 Å². The van der Waals surface area contributed by atoms with Crippen molar-refractivity contribution >= 4 is 17.7 Å². The number of likely N-dealkylation sites (N-methyl/N-ethyl adjacent to an activating group) is 1. The summed E-state index contributed by atoms with van der Waals surface area (Å²) >= 11 is 0. The molecule has 6 nitrogen and oxygen atoms in total. The molecule has 0 radical (unpaired) electrons. The number of carbonyl (C=O) groups excluding carboxylic acids is 1. The van der Waals surface area contributed by atoms with Gasteiger partial charge in [0.2, 0.25) is 5.95 Å². The second-order valence-corrected chi connectivity index (χ2v) is 3.70. The van der Waals surface area contributed by atoms with Gasteiger partial charge in [-0.2, -0.15) is 4.98 Å². The SMILES string of the molecule is CCN(CC(=O)OC)c1ccnc(N(C)C)n1. The number of ether oxygens (including phenoxy) is 1. The molecule has 1 rings (SSSR count). The lowest BCUT2D eigenvalue weighted by molar-refractivity contribution is -0.138. The van der Waals surface area contributed by atoms with E-state index in [2.05, 4.69) is 14.7 Å². The van der Waals surface area contributed by atoms with Gasteiger partial charge in [0.25, 0.3) is 0 Å². The monoisotopic (exact) mass is 238 g/mol. The van der Waals surface area contributed by atoms with E-state index in [9.17, 15) is 4.79 Å². The lowest BCUT2D eigenvalue weighted by Crippen LogP contribution is -2.31. The third kappa shape index (κ3) is 3.58. The molecular weight excluding hydrogens is 220 g/mol. The Kier molecular flexibility index (Phi) is 4.68. The zero-order valence-corrected chi connectivity index (χ0v) is 10.7. The van der Waals surface area contributed by atoms with Crippen LogP contribution >= 0.6 is 0 Å². The molecule has 0 bridgehead atoms. The fourth-order valence-corrected chi connectivity index (χ4v) is 1.31. The highest BCUT2D eigenvalue weighted by Crippen LogP contribution is 2.13. The van der Waals surface area contributed by atoms with Crippen LogP contribution in [0.1, 0.15) is 6.92 Å². The number of hydrogen-bond acceptors (Lipinski definition) is 6. The third-order valence-electron chi connectivity index (χ3n) is 2.28. The summed E-state index contributed by atoms with van der Waals surface area (Å²) < 4.78 is 4.65. The molecule has 6 heteroatoms. The molecule has 0 aliphatic carbocycles. The van der Waals surface area contributed by atoms with E-state index in [0.717, 1.165) is 5.82 Å². The van der Waals surface area contributed by atoms with Gasteiger partial charge in [-0.05, 0) is 13.0 Å².